The SMILES string of the molecule is CO[C@H]1[C@@H](Oc2cc(C)c3nccc(C)c3c2)OC[C@@H](OC)[C@@H]1O[Si](C(C)C)(C(C)C)C(C)C. The summed E-state index contributed by atoms with van der Waals surface area (Å²) < 4.78 is 31.6. The Morgan fingerprint density at radius 1 is 0.912 bits per heavy atom. The minimum atomic E-state index is -2.18. The Morgan fingerprint density at radius 2 is 1.56 bits per heavy atom. The maximum atomic E-state index is 7.17. The molecule has 0 saturated carbocycles. The Labute approximate surface area is 206 Å². The molecule has 2 heterocycles. The highest BCUT2D eigenvalue weighted by Gasteiger charge is 2.52. The number of ether oxygens (including phenoxy) is 4. The number of aromatic nitrogens is 1. The molecule has 0 unspecified atom stereocenters. The lowest BCUT2D eigenvalue weighted by Crippen LogP contribution is -2.62. The second kappa shape index (κ2) is 11.0. The summed E-state index contributed by atoms with van der Waals surface area (Å²) in [4.78, 5) is 4.54. The number of pyridine rings is 1. The molecule has 34 heavy (non-hydrogen) atoms. The summed E-state index contributed by atoms with van der Waals surface area (Å²) in [6.07, 6.45) is 0.314. The van der Waals surface area contributed by atoms with Gasteiger partial charge in [0.25, 0.3) is 0 Å². The van der Waals surface area contributed by atoms with E-state index in [1.807, 2.05) is 24.4 Å². The van der Waals surface area contributed by atoms with Crippen LogP contribution >= 0.6 is 0 Å². The van der Waals surface area contributed by atoms with Crippen molar-refractivity contribution >= 4 is 19.2 Å². The second-order valence-electron chi connectivity index (χ2n) is 10.5. The topological polar surface area (TPSA) is 59.0 Å². The van der Waals surface area contributed by atoms with Gasteiger partial charge in [-0.05, 0) is 59.8 Å². The quantitative estimate of drug-likeness (QED) is 0.392. The molecule has 1 aliphatic rings. The van der Waals surface area contributed by atoms with E-state index >= 15 is 0 Å². The summed E-state index contributed by atoms with van der Waals surface area (Å²) in [5.74, 6) is 0.739. The zero-order valence-electron chi connectivity index (χ0n) is 22.5. The molecule has 0 bridgehead atoms. The van der Waals surface area contributed by atoms with Crippen LogP contribution in [0.4, 0.5) is 0 Å². The van der Waals surface area contributed by atoms with Gasteiger partial charge < -0.3 is 23.4 Å². The molecule has 1 saturated heterocycles. The van der Waals surface area contributed by atoms with Crippen LogP contribution in [0.25, 0.3) is 10.9 Å². The molecule has 0 N–H and O–H groups in total. The van der Waals surface area contributed by atoms with Gasteiger partial charge in [0.1, 0.15) is 24.1 Å². The maximum absolute atomic E-state index is 7.17. The Morgan fingerprint density at radius 3 is 2.12 bits per heavy atom. The predicted molar refractivity (Wildman–Crippen MR) is 139 cm³/mol. The van der Waals surface area contributed by atoms with Crippen LogP contribution < -0.4 is 4.74 Å². The maximum Gasteiger partial charge on any atom is 0.229 e. The normalized spacial score (nSPS) is 23.9. The minimum Gasteiger partial charge on any atom is -0.462 e. The third-order valence-electron chi connectivity index (χ3n) is 7.48. The molecule has 190 valence electrons. The number of hydrogen-bond acceptors (Lipinski definition) is 6. The monoisotopic (exact) mass is 489 g/mol. The first-order valence-electron chi connectivity index (χ1n) is 12.4. The largest absolute Gasteiger partial charge is 0.462 e. The van der Waals surface area contributed by atoms with Gasteiger partial charge in [0.05, 0.1) is 12.1 Å². The molecule has 0 radical (unpaired) electrons. The van der Waals surface area contributed by atoms with Crippen molar-refractivity contribution in [2.24, 2.45) is 0 Å². The van der Waals surface area contributed by atoms with Crippen LogP contribution in [0.1, 0.15) is 52.7 Å². The number of methoxy groups -OCH3 is 2. The lowest BCUT2D eigenvalue weighted by atomic mass is 10.0. The van der Waals surface area contributed by atoms with Crippen molar-refractivity contribution in [2.45, 2.75) is 96.6 Å². The van der Waals surface area contributed by atoms with Crippen molar-refractivity contribution in [1.82, 2.24) is 4.98 Å². The molecule has 0 aliphatic carbocycles. The molecule has 1 aromatic carbocycles. The lowest BCUT2D eigenvalue weighted by Gasteiger charge is -2.49. The number of benzene rings is 1. The summed E-state index contributed by atoms with van der Waals surface area (Å²) in [5, 5.41) is 1.08. The molecule has 0 spiro atoms. The third kappa shape index (κ3) is 5.04. The van der Waals surface area contributed by atoms with Crippen LogP contribution in [-0.4, -0.2) is 58.7 Å². The van der Waals surface area contributed by atoms with Crippen molar-refractivity contribution in [3.8, 4) is 5.75 Å². The van der Waals surface area contributed by atoms with E-state index in [1.54, 1.807) is 14.2 Å². The van der Waals surface area contributed by atoms with Crippen LogP contribution in [-0.2, 0) is 18.6 Å². The van der Waals surface area contributed by atoms with E-state index in [2.05, 4.69) is 60.4 Å². The zero-order chi connectivity index (χ0) is 25.2. The van der Waals surface area contributed by atoms with Crippen LogP contribution in [0, 0.1) is 13.8 Å². The van der Waals surface area contributed by atoms with Crippen molar-refractivity contribution in [2.75, 3.05) is 20.8 Å². The van der Waals surface area contributed by atoms with Crippen molar-refractivity contribution < 1.29 is 23.4 Å². The Bertz CT molecular complexity index is 942. The fraction of sp³-hybridized carbons (Fsp3) is 0.667. The summed E-state index contributed by atoms with van der Waals surface area (Å²) in [6, 6.07) is 6.06. The average Bonchev–Trinajstić information content (AvgIpc) is 2.77. The van der Waals surface area contributed by atoms with Crippen LogP contribution in [0.3, 0.4) is 0 Å². The van der Waals surface area contributed by atoms with Crippen LogP contribution in [0.2, 0.25) is 16.6 Å². The fourth-order valence-electron chi connectivity index (χ4n) is 5.82. The summed E-state index contributed by atoms with van der Waals surface area (Å²) in [5.41, 5.74) is 4.56. The molecule has 3 rings (SSSR count). The summed E-state index contributed by atoms with van der Waals surface area (Å²) in [7, 11) is 1.22. The number of nitrogens with zero attached hydrogens (tertiary/aromatic N) is 1. The molecule has 7 heteroatoms. The van der Waals surface area contributed by atoms with Gasteiger partial charge in [-0.2, -0.15) is 0 Å². The van der Waals surface area contributed by atoms with E-state index in [0.717, 1.165) is 27.8 Å². The second-order valence-corrected chi connectivity index (χ2v) is 15.9. The molecule has 0 amide bonds. The van der Waals surface area contributed by atoms with Gasteiger partial charge in [-0.3, -0.25) is 4.98 Å². The molecule has 1 aliphatic heterocycles. The molecule has 2 aromatic rings. The summed E-state index contributed by atoms with van der Waals surface area (Å²) in [6.45, 7) is 18.3. The highest BCUT2D eigenvalue weighted by Crippen LogP contribution is 2.44. The van der Waals surface area contributed by atoms with Gasteiger partial charge in [0.2, 0.25) is 14.6 Å². The molecule has 1 fully saturated rings. The van der Waals surface area contributed by atoms with Gasteiger partial charge in [0, 0.05) is 25.8 Å². The van der Waals surface area contributed by atoms with E-state index in [1.165, 1.54) is 0 Å². The van der Waals surface area contributed by atoms with Crippen LogP contribution in [0.5, 0.6) is 5.75 Å². The van der Waals surface area contributed by atoms with E-state index in [9.17, 15) is 0 Å². The zero-order valence-corrected chi connectivity index (χ0v) is 23.5. The van der Waals surface area contributed by atoms with Gasteiger partial charge in [-0.25, -0.2) is 0 Å². The third-order valence-corrected chi connectivity index (χ3v) is 13.6. The van der Waals surface area contributed by atoms with Gasteiger partial charge >= 0.3 is 0 Å². The highest BCUT2D eigenvalue weighted by molar-refractivity contribution is 6.77. The highest BCUT2D eigenvalue weighted by atomic mass is 28.4. The number of aryl methyl sites for hydroxylation is 2. The van der Waals surface area contributed by atoms with Gasteiger partial charge in [-0.1, -0.05) is 41.5 Å². The first-order valence-corrected chi connectivity index (χ1v) is 14.6. The minimum absolute atomic E-state index is 0.224. The van der Waals surface area contributed by atoms with Crippen LogP contribution in [0.15, 0.2) is 24.4 Å². The number of rotatable bonds is 9. The molecular weight excluding hydrogens is 446 g/mol. The summed E-state index contributed by atoms with van der Waals surface area (Å²) >= 11 is 0. The fourth-order valence-corrected chi connectivity index (χ4v) is 11.4. The van der Waals surface area contributed by atoms with E-state index in [0.29, 0.717) is 23.2 Å². The van der Waals surface area contributed by atoms with E-state index in [4.69, 9.17) is 23.4 Å². The first kappa shape index (κ1) is 27.1. The first-order chi connectivity index (χ1) is 16.1. The molecule has 4 atom stereocenters. The number of fused-ring (bicyclic) bond motifs is 1. The molecular formula is C27H43NO5Si. The standard InChI is InChI=1S/C27H43NO5Si/c1-16(2)34(17(3)4,18(5)6)33-25-23(29-9)15-31-27(26(25)30-10)32-21-13-20(8)24-22(14-21)19(7)11-12-28-24/h11-14,16-18,23,25-27H,15H2,1-10H3/t23-,25+,26-,27-/m1/s1. The number of hydrogen-bond donors (Lipinski definition) is 0. The van der Waals surface area contributed by atoms with Crippen molar-refractivity contribution in [1.29, 1.82) is 0 Å². The Kier molecular flexibility index (Phi) is 8.79. The molecule has 1 aromatic heterocycles. The molecule has 6 nitrogen and oxygen atoms in total. The average molecular weight is 490 g/mol. The Hall–Kier alpha value is -1.51. The van der Waals surface area contributed by atoms with Crippen molar-refractivity contribution in [3.05, 3.63) is 35.5 Å². The van der Waals surface area contributed by atoms with Crippen molar-refractivity contribution in [3.63, 3.8) is 0 Å². The van der Waals surface area contributed by atoms with E-state index < -0.39 is 20.7 Å². The van der Waals surface area contributed by atoms with Gasteiger partial charge in [0.15, 0.2) is 0 Å². The Balaban J connectivity index is 1.95. The lowest BCUT2D eigenvalue weighted by molar-refractivity contribution is -0.250. The van der Waals surface area contributed by atoms with Gasteiger partial charge in [-0.15, -0.1) is 0 Å². The smallest absolute Gasteiger partial charge is 0.229 e. The predicted octanol–water partition coefficient (Wildman–Crippen LogP) is 6.18. The van der Waals surface area contributed by atoms with E-state index in [-0.39, 0.29) is 12.2 Å².